The highest BCUT2D eigenvalue weighted by atomic mass is 79.9. The molecular formula is C14H14BrN3O. The second kappa shape index (κ2) is 5.84. The molecular weight excluding hydrogens is 306 g/mol. The third-order valence-electron chi connectivity index (χ3n) is 2.58. The Bertz CT molecular complexity index is 631. The van der Waals surface area contributed by atoms with Crippen LogP contribution >= 0.6 is 15.9 Å². The van der Waals surface area contributed by atoms with Crippen LogP contribution in [0.15, 0.2) is 41.1 Å². The number of nitrogens with zero attached hydrogens (tertiary/aromatic N) is 2. The number of nitrogens with one attached hydrogen (secondary N) is 1. The van der Waals surface area contributed by atoms with Crippen molar-refractivity contribution in [1.29, 1.82) is 0 Å². The van der Waals surface area contributed by atoms with E-state index in [9.17, 15) is 4.79 Å². The minimum atomic E-state index is -0.162. The van der Waals surface area contributed by atoms with Gasteiger partial charge in [0.05, 0.1) is 6.20 Å². The first kappa shape index (κ1) is 13.5. The Labute approximate surface area is 120 Å². The lowest BCUT2D eigenvalue weighted by Gasteiger charge is -2.04. The van der Waals surface area contributed by atoms with E-state index < -0.39 is 0 Å². The summed E-state index contributed by atoms with van der Waals surface area (Å²) in [6.45, 7) is 1.98. The number of anilines is 1. The highest BCUT2D eigenvalue weighted by Crippen LogP contribution is 2.19. The number of halogens is 1. The van der Waals surface area contributed by atoms with Crippen molar-refractivity contribution < 1.29 is 4.79 Å². The SMILES string of the molecule is Cc1cc(NC(=O)/C=C/c2cnn(C)c2)ccc1Br. The van der Waals surface area contributed by atoms with Crippen LogP contribution < -0.4 is 5.32 Å². The number of rotatable bonds is 3. The maximum Gasteiger partial charge on any atom is 0.248 e. The lowest BCUT2D eigenvalue weighted by atomic mass is 10.2. The fourth-order valence-corrected chi connectivity index (χ4v) is 1.85. The van der Waals surface area contributed by atoms with Gasteiger partial charge in [0.2, 0.25) is 5.91 Å². The van der Waals surface area contributed by atoms with Gasteiger partial charge < -0.3 is 5.32 Å². The molecule has 0 saturated carbocycles. The van der Waals surface area contributed by atoms with E-state index >= 15 is 0 Å². The van der Waals surface area contributed by atoms with Crippen molar-refractivity contribution in [2.45, 2.75) is 6.92 Å². The lowest BCUT2D eigenvalue weighted by molar-refractivity contribution is -0.111. The molecule has 0 saturated heterocycles. The van der Waals surface area contributed by atoms with Gasteiger partial charge in [0.15, 0.2) is 0 Å². The topological polar surface area (TPSA) is 46.9 Å². The largest absolute Gasteiger partial charge is 0.323 e. The zero-order chi connectivity index (χ0) is 13.8. The maximum absolute atomic E-state index is 11.8. The summed E-state index contributed by atoms with van der Waals surface area (Å²) < 4.78 is 2.71. The molecule has 4 nitrogen and oxygen atoms in total. The van der Waals surface area contributed by atoms with Crippen LogP contribution in [0.4, 0.5) is 5.69 Å². The number of hydrogen-bond acceptors (Lipinski definition) is 2. The van der Waals surface area contributed by atoms with E-state index in [1.165, 1.54) is 6.08 Å². The molecule has 0 aliphatic rings. The number of benzene rings is 1. The maximum atomic E-state index is 11.8. The predicted octanol–water partition coefficient (Wildman–Crippen LogP) is 3.14. The van der Waals surface area contributed by atoms with E-state index in [1.807, 2.05) is 38.4 Å². The average Bonchev–Trinajstić information content (AvgIpc) is 2.77. The van der Waals surface area contributed by atoms with E-state index in [0.29, 0.717) is 0 Å². The molecule has 1 aromatic carbocycles. The van der Waals surface area contributed by atoms with Gasteiger partial charge >= 0.3 is 0 Å². The third kappa shape index (κ3) is 3.79. The lowest BCUT2D eigenvalue weighted by Crippen LogP contribution is -2.07. The van der Waals surface area contributed by atoms with Gasteiger partial charge in [-0.15, -0.1) is 0 Å². The Kier molecular flexibility index (Phi) is 4.16. The smallest absolute Gasteiger partial charge is 0.248 e. The Morgan fingerprint density at radius 1 is 1.47 bits per heavy atom. The van der Waals surface area contributed by atoms with E-state index in [-0.39, 0.29) is 5.91 Å². The van der Waals surface area contributed by atoms with Gasteiger partial charge in [-0.3, -0.25) is 9.48 Å². The monoisotopic (exact) mass is 319 g/mol. The summed E-state index contributed by atoms with van der Waals surface area (Å²) in [7, 11) is 1.84. The third-order valence-corrected chi connectivity index (χ3v) is 3.47. The fraction of sp³-hybridized carbons (Fsp3) is 0.143. The molecule has 19 heavy (non-hydrogen) atoms. The van der Waals surface area contributed by atoms with Gasteiger partial charge in [0, 0.05) is 35.0 Å². The summed E-state index contributed by atoms with van der Waals surface area (Å²) in [5, 5.41) is 6.84. The molecule has 0 unspecified atom stereocenters. The minimum Gasteiger partial charge on any atom is -0.323 e. The molecule has 1 N–H and O–H groups in total. The van der Waals surface area contributed by atoms with Gasteiger partial charge in [-0.05, 0) is 36.8 Å². The normalized spacial score (nSPS) is 10.9. The molecule has 1 amide bonds. The summed E-state index contributed by atoms with van der Waals surface area (Å²) in [6.07, 6.45) is 6.77. The van der Waals surface area contributed by atoms with Crippen LogP contribution in [0.1, 0.15) is 11.1 Å². The van der Waals surface area contributed by atoms with E-state index in [2.05, 4.69) is 26.3 Å². The fourth-order valence-electron chi connectivity index (χ4n) is 1.60. The Hall–Kier alpha value is -1.88. The van der Waals surface area contributed by atoms with Crippen molar-refractivity contribution in [3.05, 3.63) is 52.3 Å². The van der Waals surface area contributed by atoms with E-state index in [4.69, 9.17) is 0 Å². The first-order valence-electron chi connectivity index (χ1n) is 5.78. The van der Waals surface area contributed by atoms with Crippen LogP contribution in [0.25, 0.3) is 6.08 Å². The summed E-state index contributed by atoms with van der Waals surface area (Å²) in [4.78, 5) is 11.8. The van der Waals surface area contributed by atoms with Crippen LogP contribution in [0.5, 0.6) is 0 Å². The molecule has 0 bridgehead atoms. The zero-order valence-corrected chi connectivity index (χ0v) is 12.3. The highest BCUT2D eigenvalue weighted by molar-refractivity contribution is 9.10. The van der Waals surface area contributed by atoms with Crippen LogP contribution in [0, 0.1) is 6.92 Å². The molecule has 1 heterocycles. The summed E-state index contributed by atoms with van der Waals surface area (Å²) >= 11 is 3.42. The molecule has 2 aromatic rings. The van der Waals surface area contributed by atoms with Crippen molar-refractivity contribution in [2.24, 2.45) is 7.05 Å². The number of aromatic nitrogens is 2. The van der Waals surface area contributed by atoms with Crippen molar-refractivity contribution >= 4 is 33.6 Å². The number of carbonyl (C=O) groups excluding carboxylic acids is 1. The minimum absolute atomic E-state index is 0.162. The molecule has 2 rings (SSSR count). The molecule has 1 aromatic heterocycles. The Balaban J connectivity index is 2.01. The van der Waals surface area contributed by atoms with Crippen LogP contribution in [-0.2, 0) is 11.8 Å². The Morgan fingerprint density at radius 3 is 2.89 bits per heavy atom. The molecule has 0 atom stereocenters. The van der Waals surface area contributed by atoms with Crippen molar-refractivity contribution in [1.82, 2.24) is 9.78 Å². The first-order chi connectivity index (χ1) is 9.04. The standard InChI is InChI=1S/C14H14BrN3O/c1-10-7-12(4-5-13(10)15)17-14(19)6-3-11-8-16-18(2)9-11/h3-9H,1-2H3,(H,17,19)/b6-3+. The van der Waals surface area contributed by atoms with Gasteiger partial charge in [-0.1, -0.05) is 15.9 Å². The molecule has 98 valence electrons. The van der Waals surface area contributed by atoms with E-state index in [1.54, 1.807) is 17.0 Å². The molecule has 0 fully saturated rings. The van der Waals surface area contributed by atoms with Crippen LogP contribution in [0.3, 0.4) is 0 Å². The van der Waals surface area contributed by atoms with Crippen LogP contribution in [0.2, 0.25) is 0 Å². The Morgan fingerprint density at radius 2 is 2.26 bits per heavy atom. The van der Waals surface area contributed by atoms with Gasteiger partial charge in [0.25, 0.3) is 0 Å². The summed E-state index contributed by atoms with van der Waals surface area (Å²) in [5.74, 6) is -0.162. The van der Waals surface area contributed by atoms with Crippen molar-refractivity contribution in [3.8, 4) is 0 Å². The van der Waals surface area contributed by atoms with Crippen molar-refractivity contribution in [3.63, 3.8) is 0 Å². The second-order valence-electron chi connectivity index (χ2n) is 4.23. The average molecular weight is 320 g/mol. The second-order valence-corrected chi connectivity index (χ2v) is 5.09. The molecule has 0 spiro atoms. The van der Waals surface area contributed by atoms with Gasteiger partial charge in [0.1, 0.15) is 0 Å². The molecule has 0 radical (unpaired) electrons. The van der Waals surface area contributed by atoms with Gasteiger partial charge in [-0.25, -0.2) is 0 Å². The molecule has 5 heteroatoms. The quantitative estimate of drug-likeness (QED) is 0.883. The predicted molar refractivity (Wildman–Crippen MR) is 79.8 cm³/mol. The first-order valence-corrected chi connectivity index (χ1v) is 6.58. The summed E-state index contributed by atoms with van der Waals surface area (Å²) in [6, 6.07) is 5.68. The number of carbonyl (C=O) groups is 1. The zero-order valence-electron chi connectivity index (χ0n) is 10.7. The number of aryl methyl sites for hydroxylation is 2. The molecule has 0 aliphatic heterocycles. The summed E-state index contributed by atoms with van der Waals surface area (Å²) in [5.41, 5.74) is 2.75. The highest BCUT2D eigenvalue weighted by Gasteiger charge is 2.00. The van der Waals surface area contributed by atoms with Gasteiger partial charge in [-0.2, -0.15) is 5.10 Å². The van der Waals surface area contributed by atoms with E-state index in [0.717, 1.165) is 21.3 Å². The van der Waals surface area contributed by atoms with Crippen molar-refractivity contribution in [2.75, 3.05) is 5.32 Å². The van der Waals surface area contributed by atoms with Crippen LogP contribution in [-0.4, -0.2) is 15.7 Å². The number of hydrogen-bond donors (Lipinski definition) is 1. The number of amides is 1. The molecule has 0 aliphatic carbocycles.